The predicted molar refractivity (Wildman–Crippen MR) is 124 cm³/mol. The molecule has 12 heteroatoms. The number of hydrogen-bond donors (Lipinski definition) is 2. The van der Waals surface area contributed by atoms with E-state index in [4.69, 9.17) is 41.3 Å². The van der Waals surface area contributed by atoms with Crippen molar-refractivity contribution in [1.82, 2.24) is 10.6 Å². The van der Waals surface area contributed by atoms with Crippen molar-refractivity contribution in [1.29, 1.82) is 0 Å². The van der Waals surface area contributed by atoms with E-state index in [1.807, 2.05) is 0 Å². The molecule has 0 saturated carbocycles. The Hall–Kier alpha value is -0.0400. The zero-order chi connectivity index (χ0) is 23.5. The summed E-state index contributed by atoms with van der Waals surface area (Å²) in [6.07, 6.45) is 1.50. The molecule has 0 aliphatic heterocycles. The van der Waals surface area contributed by atoms with Crippen LogP contribution in [0.2, 0.25) is 0 Å². The molecule has 0 fully saturated rings. The number of rotatable bonds is 15. The van der Waals surface area contributed by atoms with Crippen molar-refractivity contribution in [2.45, 2.75) is 79.8 Å². The minimum Gasteiger partial charge on any atom is -0.388 e. The van der Waals surface area contributed by atoms with Crippen molar-refractivity contribution in [3.05, 3.63) is 21.9 Å². The van der Waals surface area contributed by atoms with Crippen molar-refractivity contribution >= 4 is 38.4 Å². The van der Waals surface area contributed by atoms with E-state index in [0.29, 0.717) is 13.1 Å². The molecular formula is C18H36Cl2N2O6P2. The van der Waals surface area contributed by atoms with Gasteiger partial charge in [-0.2, -0.15) is 0 Å². The van der Waals surface area contributed by atoms with Gasteiger partial charge < -0.3 is 28.7 Å². The Morgan fingerprint density at radius 3 is 1.10 bits per heavy atom. The molecule has 0 aliphatic carbocycles. The summed E-state index contributed by atoms with van der Waals surface area (Å²) in [5.41, 5.74) is 0. The molecule has 178 valence electrons. The first-order valence-corrected chi connectivity index (χ1v) is 13.7. The topological polar surface area (TPSA) is 95.1 Å². The van der Waals surface area contributed by atoms with E-state index < -0.39 is 15.2 Å². The van der Waals surface area contributed by atoms with Crippen LogP contribution in [0.25, 0.3) is 0 Å². The van der Waals surface area contributed by atoms with E-state index in [1.54, 1.807) is 55.4 Å². The van der Waals surface area contributed by atoms with Gasteiger partial charge in [-0.05, 0) is 55.4 Å². The Kier molecular flexibility index (Phi) is 14.2. The average molecular weight is 509 g/mol. The van der Waals surface area contributed by atoms with E-state index in [9.17, 15) is 9.13 Å². The summed E-state index contributed by atoms with van der Waals surface area (Å²) in [5, 5.41) is 5.84. The van der Waals surface area contributed by atoms with Crippen LogP contribution in [0.4, 0.5) is 0 Å². The molecule has 2 N–H and O–H groups in total. The second-order valence-electron chi connectivity index (χ2n) is 7.45. The SMILES string of the molecule is CC(C)OP(=O)(OC(C)C)C(Cl)=CNCCNC=C(Cl)P(=O)(OC(C)C)OC(C)C. The molecule has 0 saturated heterocycles. The van der Waals surface area contributed by atoms with Crippen LogP contribution in [0.1, 0.15) is 55.4 Å². The Labute approximate surface area is 191 Å². The lowest BCUT2D eigenvalue weighted by atomic mass is 10.5. The highest BCUT2D eigenvalue weighted by Crippen LogP contribution is 2.60. The molecule has 0 bridgehead atoms. The van der Waals surface area contributed by atoms with Crippen LogP contribution in [-0.4, -0.2) is 37.5 Å². The number of nitrogens with one attached hydrogen (secondary N) is 2. The minimum atomic E-state index is -3.60. The van der Waals surface area contributed by atoms with E-state index in [2.05, 4.69) is 10.6 Å². The summed E-state index contributed by atoms with van der Waals surface area (Å²) in [4.78, 5) is 0. The predicted octanol–water partition coefficient (Wildman–Crippen LogP) is 6.33. The Morgan fingerprint density at radius 2 is 0.900 bits per heavy atom. The third-order valence-electron chi connectivity index (χ3n) is 2.78. The van der Waals surface area contributed by atoms with Crippen LogP contribution in [0, 0.1) is 0 Å². The van der Waals surface area contributed by atoms with E-state index in [-0.39, 0.29) is 34.0 Å². The highest BCUT2D eigenvalue weighted by molar-refractivity contribution is 7.61. The highest BCUT2D eigenvalue weighted by Gasteiger charge is 2.33. The van der Waals surface area contributed by atoms with Gasteiger partial charge in [0, 0.05) is 25.5 Å². The molecule has 0 spiro atoms. The molecule has 0 rings (SSSR count). The molecule has 0 aromatic heterocycles. The van der Waals surface area contributed by atoms with Crippen LogP contribution in [-0.2, 0) is 27.2 Å². The molecular weight excluding hydrogens is 473 g/mol. The first kappa shape index (κ1) is 30.0. The van der Waals surface area contributed by atoms with Gasteiger partial charge in [0.2, 0.25) is 0 Å². The highest BCUT2D eigenvalue weighted by atomic mass is 35.5. The lowest BCUT2D eigenvalue weighted by Gasteiger charge is -2.22. The third-order valence-corrected chi connectivity index (χ3v) is 8.34. The summed E-state index contributed by atoms with van der Waals surface area (Å²) in [6.45, 7) is 14.8. The molecule has 8 nitrogen and oxygen atoms in total. The quantitative estimate of drug-likeness (QED) is 0.196. The van der Waals surface area contributed by atoms with Crippen molar-refractivity contribution in [3.63, 3.8) is 0 Å². The van der Waals surface area contributed by atoms with Crippen LogP contribution in [0.5, 0.6) is 0 Å². The van der Waals surface area contributed by atoms with Crippen molar-refractivity contribution in [3.8, 4) is 0 Å². The van der Waals surface area contributed by atoms with Gasteiger partial charge in [0.05, 0.1) is 24.4 Å². The second-order valence-corrected chi connectivity index (χ2v) is 12.6. The van der Waals surface area contributed by atoms with Gasteiger partial charge in [-0.3, -0.25) is 9.13 Å². The minimum absolute atomic E-state index is 0.0429. The molecule has 0 unspecified atom stereocenters. The molecule has 30 heavy (non-hydrogen) atoms. The van der Waals surface area contributed by atoms with Crippen molar-refractivity contribution < 1.29 is 27.2 Å². The summed E-state index contributed by atoms with van der Waals surface area (Å²) in [6, 6.07) is 0. The molecule has 0 aromatic carbocycles. The smallest absolute Gasteiger partial charge is 0.374 e. The Morgan fingerprint density at radius 1 is 0.667 bits per heavy atom. The number of halogens is 2. The summed E-state index contributed by atoms with van der Waals surface area (Å²) in [5.74, 6) is 0. The maximum Gasteiger partial charge on any atom is 0.374 e. The third kappa shape index (κ3) is 12.1. The van der Waals surface area contributed by atoms with Crippen LogP contribution < -0.4 is 10.6 Å². The lowest BCUT2D eigenvalue weighted by molar-refractivity contribution is 0.147. The van der Waals surface area contributed by atoms with Crippen molar-refractivity contribution in [2.24, 2.45) is 0 Å². The largest absolute Gasteiger partial charge is 0.388 e. The molecule has 0 atom stereocenters. The maximum atomic E-state index is 12.8. The zero-order valence-corrected chi connectivity index (χ0v) is 22.3. The van der Waals surface area contributed by atoms with Crippen LogP contribution >= 0.6 is 38.4 Å². The monoisotopic (exact) mass is 508 g/mol. The summed E-state index contributed by atoms with van der Waals surface area (Å²) < 4.78 is 47.3. The molecule has 0 aliphatic rings. The molecule has 0 heterocycles. The van der Waals surface area contributed by atoms with Gasteiger partial charge in [-0.1, -0.05) is 23.2 Å². The van der Waals surface area contributed by atoms with E-state index in [1.165, 1.54) is 12.4 Å². The van der Waals surface area contributed by atoms with Gasteiger partial charge in [0.1, 0.15) is 9.55 Å². The first-order chi connectivity index (χ1) is 13.7. The van der Waals surface area contributed by atoms with Gasteiger partial charge in [-0.25, -0.2) is 0 Å². The van der Waals surface area contributed by atoms with E-state index in [0.717, 1.165) is 0 Å². The van der Waals surface area contributed by atoms with Gasteiger partial charge >= 0.3 is 15.2 Å². The normalized spacial score (nSPS) is 14.3. The van der Waals surface area contributed by atoms with Gasteiger partial charge in [-0.15, -0.1) is 0 Å². The average Bonchev–Trinajstić information content (AvgIpc) is 2.54. The maximum absolute atomic E-state index is 12.8. The summed E-state index contributed by atoms with van der Waals surface area (Å²) in [7, 11) is -7.21. The Bertz CT molecular complexity index is 585. The molecule has 0 radical (unpaired) electrons. The van der Waals surface area contributed by atoms with E-state index >= 15 is 0 Å². The Balaban J connectivity index is 4.85. The van der Waals surface area contributed by atoms with Crippen LogP contribution in [0.3, 0.4) is 0 Å². The standard InChI is InChI=1S/C18H36Cl2N2O6P2/c1-13(2)25-29(23,26-14(3)4)17(19)11-21-9-10-22-12-18(20)30(24,27-15(5)6)28-16(7)8/h11-16,21-22H,9-10H2,1-8H3. The first-order valence-electron chi connectivity index (χ1n) is 9.84. The lowest BCUT2D eigenvalue weighted by Crippen LogP contribution is -2.21. The fraction of sp³-hybridized carbons (Fsp3) is 0.778. The molecule has 0 aromatic rings. The zero-order valence-electron chi connectivity index (χ0n) is 19.0. The fourth-order valence-corrected chi connectivity index (χ4v) is 5.83. The van der Waals surface area contributed by atoms with Crippen LogP contribution in [0.15, 0.2) is 21.9 Å². The second kappa shape index (κ2) is 14.2. The molecule has 0 amide bonds. The van der Waals surface area contributed by atoms with Crippen molar-refractivity contribution in [2.75, 3.05) is 13.1 Å². The fourth-order valence-electron chi connectivity index (χ4n) is 1.98. The van der Waals surface area contributed by atoms with Gasteiger partial charge in [0.25, 0.3) is 0 Å². The number of hydrogen-bond acceptors (Lipinski definition) is 8. The van der Waals surface area contributed by atoms with Gasteiger partial charge in [0.15, 0.2) is 0 Å². The summed E-state index contributed by atoms with van der Waals surface area (Å²) >= 11 is 12.3.